The Bertz CT molecular complexity index is 1360. The molecule has 5 rings (SSSR count). The van der Waals surface area contributed by atoms with E-state index >= 15 is 0 Å². The van der Waals surface area contributed by atoms with Gasteiger partial charge in [0.05, 0.1) is 19.6 Å². The van der Waals surface area contributed by atoms with Crippen LogP contribution in [0.1, 0.15) is 55.6 Å². The lowest BCUT2D eigenvalue weighted by molar-refractivity contribution is 0.409. The monoisotopic (exact) mass is 462 g/mol. The second kappa shape index (κ2) is 8.30. The zero-order valence-electron chi connectivity index (χ0n) is 22.1. The number of fused-ring (bicyclic) bond motifs is 3. The Labute approximate surface area is 209 Å². The molecule has 0 unspecified atom stereocenters. The normalized spacial score (nSPS) is 13.4. The Morgan fingerprint density at radius 1 is 0.514 bits per heavy atom. The van der Waals surface area contributed by atoms with Crippen molar-refractivity contribution in [3.8, 4) is 22.6 Å². The number of ether oxygens (including phenoxy) is 2. The van der Waals surface area contributed by atoms with Gasteiger partial charge in [0.25, 0.3) is 0 Å². The third-order valence-electron chi connectivity index (χ3n) is 7.99. The van der Waals surface area contributed by atoms with Crippen LogP contribution in [0, 0.1) is 41.5 Å². The molecule has 2 heteroatoms. The predicted molar refractivity (Wildman–Crippen MR) is 145 cm³/mol. The van der Waals surface area contributed by atoms with Crippen LogP contribution >= 0.6 is 0 Å². The van der Waals surface area contributed by atoms with E-state index in [0.717, 1.165) is 11.5 Å². The smallest absolute Gasteiger partial charge is 0.122 e. The molecular formula is C33H34O2. The lowest BCUT2D eigenvalue weighted by Gasteiger charge is -2.35. The molecule has 0 amide bonds. The molecule has 0 radical (unpaired) electrons. The topological polar surface area (TPSA) is 18.5 Å². The standard InChI is InChI=1S/C33H34O2/c1-19-9-11-27-28-12-10-20(2)14-30(28)33(29(27)13-19,25-15-21(3)23(5)31(17-25)34-7)26-16-22(4)24(6)32(18-26)35-8/h9-18H,1-8H3. The van der Waals surface area contributed by atoms with Gasteiger partial charge in [-0.3, -0.25) is 0 Å². The molecule has 2 nitrogen and oxygen atoms in total. The van der Waals surface area contributed by atoms with Crippen molar-refractivity contribution in [2.45, 2.75) is 47.0 Å². The van der Waals surface area contributed by atoms with Crippen molar-refractivity contribution in [2.75, 3.05) is 14.2 Å². The molecular weight excluding hydrogens is 428 g/mol. The van der Waals surface area contributed by atoms with E-state index in [2.05, 4.69) is 102 Å². The van der Waals surface area contributed by atoms with E-state index in [-0.39, 0.29) is 0 Å². The summed E-state index contributed by atoms with van der Waals surface area (Å²) in [5, 5.41) is 0. The predicted octanol–water partition coefficient (Wildman–Crippen LogP) is 7.92. The van der Waals surface area contributed by atoms with Gasteiger partial charge in [0.15, 0.2) is 0 Å². The molecule has 0 saturated carbocycles. The van der Waals surface area contributed by atoms with Gasteiger partial charge in [-0.1, -0.05) is 59.7 Å². The number of rotatable bonds is 4. The molecule has 4 aromatic carbocycles. The maximum atomic E-state index is 5.89. The van der Waals surface area contributed by atoms with E-state index in [1.54, 1.807) is 14.2 Å². The van der Waals surface area contributed by atoms with Gasteiger partial charge in [0, 0.05) is 0 Å². The summed E-state index contributed by atoms with van der Waals surface area (Å²) in [6.07, 6.45) is 0. The van der Waals surface area contributed by atoms with Crippen molar-refractivity contribution in [1.29, 1.82) is 0 Å². The highest BCUT2D eigenvalue weighted by atomic mass is 16.5. The Balaban J connectivity index is 2.03. The molecule has 0 saturated heterocycles. The summed E-state index contributed by atoms with van der Waals surface area (Å²) in [4.78, 5) is 0. The summed E-state index contributed by atoms with van der Waals surface area (Å²) >= 11 is 0. The minimum Gasteiger partial charge on any atom is -0.496 e. The summed E-state index contributed by atoms with van der Waals surface area (Å²) in [7, 11) is 3.53. The molecule has 0 atom stereocenters. The van der Waals surface area contributed by atoms with Crippen LogP contribution in [0.25, 0.3) is 11.1 Å². The average Bonchev–Trinajstić information content (AvgIpc) is 3.11. The largest absolute Gasteiger partial charge is 0.496 e. The van der Waals surface area contributed by atoms with Crippen LogP contribution in [0.15, 0.2) is 60.7 Å². The minimum absolute atomic E-state index is 0.486. The molecule has 0 heterocycles. The first-order chi connectivity index (χ1) is 16.7. The molecule has 0 spiro atoms. The van der Waals surface area contributed by atoms with Crippen LogP contribution in [-0.2, 0) is 5.41 Å². The van der Waals surface area contributed by atoms with Gasteiger partial charge in [-0.2, -0.15) is 0 Å². The lowest BCUT2D eigenvalue weighted by Crippen LogP contribution is -2.29. The van der Waals surface area contributed by atoms with Gasteiger partial charge >= 0.3 is 0 Å². The maximum absolute atomic E-state index is 5.89. The number of hydrogen-bond acceptors (Lipinski definition) is 2. The Morgan fingerprint density at radius 3 is 1.29 bits per heavy atom. The molecule has 1 aliphatic rings. The van der Waals surface area contributed by atoms with E-state index in [4.69, 9.17) is 9.47 Å². The van der Waals surface area contributed by atoms with Gasteiger partial charge in [-0.15, -0.1) is 0 Å². The third kappa shape index (κ3) is 3.31. The average molecular weight is 463 g/mol. The zero-order chi connectivity index (χ0) is 25.1. The third-order valence-corrected chi connectivity index (χ3v) is 7.99. The summed E-state index contributed by atoms with van der Waals surface area (Å²) in [6, 6.07) is 22.9. The molecule has 0 bridgehead atoms. The number of aryl methyl sites for hydroxylation is 4. The second-order valence-corrected chi connectivity index (χ2v) is 10.1. The first-order valence-corrected chi connectivity index (χ1v) is 12.3. The van der Waals surface area contributed by atoms with E-state index in [9.17, 15) is 0 Å². The minimum atomic E-state index is -0.486. The quantitative estimate of drug-likeness (QED) is 0.270. The van der Waals surface area contributed by atoms with Crippen LogP contribution in [0.5, 0.6) is 11.5 Å². The molecule has 35 heavy (non-hydrogen) atoms. The molecule has 0 aromatic heterocycles. The molecule has 0 N–H and O–H groups in total. The van der Waals surface area contributed by atoms with Gasteiger partial charge in [-0.25, -0.2) is 0 Å². The van der Waals surface area contributed by atoms with Crippen molar-refractivity contribution in [2.24, 2.45) is 0 Å². The van der Waals surface area contributed by atoms with Gasteiger partial charge in [0.1, 0.15) is 11.5 Å². The molecule has 4 aromatic rings. The summed E-state index contributed by atoms with van der Waals surface area (Å²) in [5.41, 5.74) is 14.5. The summed E-state index contributed by atoms with van der Waals surface area (Å²) in [6.45, 7) is 13.0. The zero-order valence-corrected chi connectivity index (χ0v) is 22.1. The van der Waals surface area contributed by atoms with Crippen molar-refractivity contribution < 1.29 is 9.47 Å². The van der Waals surface area contributed by atoms with Crippen molar-refractivity contribution in [3.05, 3.63) is 116 Å². The van der Waals surface area contributed by atoms with Crippen LogP contribution in [0.4, 0.5) is 0 Å². The summed E-state index contributed by atoms with van der Waals surface area (Å²) in [5.74, 6) is 1.84. The molecule has 178 valence electrons. The fourth-order valence-electron chi connectivity index (χ4n) is 5.85. The van der Waals surface area contributed by atoms with Gasteiger partial charge in [0.2, 0.25) is 0 Å². The first-order valence-electron chi connectivity index (χ1n) is 12.3. The first kappa shape index (κ1) is 23.2. The van der Waals surface area contributed by atoms with Crippen LogP contribution in [-0.4, -0.2) is 14.2 Å². The van der Waals surface area contributed by atoms with E-state index in [1.807, 2.05) is 0 Å². The Morgan fingerprint density at radius 2 is 0.914 bits per heavy atom. The van der Waals surface area contributed by atoms with Crippen LogP contribution in [0.2, 0.25) is 0 Å². The maximum Gasteiger partial charge on any atom is 0.122 e. The van der Waals surface area contributed by atoms with Crippen molar-refractivity contribution in [3.63, 3.8) is 0 Å². The SMILES string of the molecule is COc1cc(C2(c3cc(C)c(C)c(OC)c3)c3cc(C)ccc3-c3ccc(C)cc32)cc(C)c1C. The van der Waals surface area contributed by atoms with E-state index in [0.29, 0.717) is 0 Å². The molecule has 0 fully saturated rings. The fourth-order valence-corrected chi connectivity index (χ4v) is 5.85. The van der Waals surface area contributed by atoms with Gasteiger partial charge < -0.3 is 9.47 Å². The van der Waals surface area contributed by atoms with Gasteiger partial charge in [-0.05, 0) is 109 Å². The highest BCUT2D eigenvalue weighted by Gasteiger charge is 2.47. The van der Waals surface area contributed by atoms with E-state index in [1.165, 1.54) is 66.8 Å². The number of benzene rings is 4. The highest BCUT2D eigenvalue weighted by molar-refractivity contribution is 5.87. The number of hydrogen-bond donors (Lipinski definition) is 0. The van der Waals surface area contributed by atoms with Crippen LogP contribution in [0.3, 0.4) is 0 Å². The van der Waals surface area contributed by atoms with Crippen molar-refractivity contribution in [1.82, 2.24) is 0 Å². The lowest BCUT2D eigenvalue weighted by atomic mass is 9.66. The second-order valence-electron chi connectivity index (χ2n) is 10.1. The summed E-state index contributed by atoms with van der Waals surface area (Å²) < 4.78 is 11.8. The highest BCUT2D eigenvalue weighted by Crippen LogP contribution is 2.57. The Kier molecular flexibility index (Phi) is 5.51. The Hall–Kier alpha value is -3.52. The fraction of sp³-hybridized carbons (Fsp3) is 0.273. The number of methoxy groups -OCH3 is 2. The van der Waals surface area contributed by atoms with E-state index < -0.39 is 5.41 Å². The van der Waals surface area contributed by atoms with Crippen molar-refractivity contribution >= 4 is 0 Å². The molecule has 1 aliphatic carbocycles. The molecule has 0 aliphatic heterocycles. The van der Waals surface area contributed by atoms with Crippen LogP contribution < -0.4 is 9.47 Å².